The van der Waals surface area contributed by atoms with Gasteiger partial charge in [-0.25, -0.2) is 4.98 Å². The summed E-state index contributed by atoms with van der Waals surface area (Å²) in [5.74, 6) is 1.29. The fraction of sp³-hybridized carbons (Fsp3) is 0.316. The Morgan fingerprint density at radius 3 is 2.96 bits per heavy atom. The zero-order valence-corrected chi connectivity index (χ0v) is 15.8. The number of ether oxygens (including phenoxy) is 2. The van der Waals surface area contributed by atoms with Gasteiger partial charge in [-0.3, -0.25) is 4.79 Å². The number of nitriles is 1. The van der Waals surface area contributed by atoms with Crippen molar-refractivity contribution in [2.45, 2.75) is 19.3 Å². The van der Waals surface area contributed by atoms with Gasteiger partial charge in [-0.05, 0) is 36.8 Å². The van der Waals surface area contributed by atoms with Crippen LogP contribution in [-0.2, 0) is 4.79 Å². The number of nitrogens with one attached hydrogen (secondary N) is 2. The van der Waals surface area contributed by atoms with Crippen LogP contribution in [0.4, 0.5) is 11.5 Å². The molecule has 8 heteroatoms. The Labute approximate surface area is 163 Å². The maximum atomic E-state index is 12.2. The molecular formula is C19H21ClN4O3. The van der Waals surface area contributed by atoms with Crippen LogP contribution in [0.15, 0.2) is 36.5 Å². The topological polar surface area (TPSA) is 96.3 Å². The largest absolute Gasteiger partial charge is 0.495 e. The van der Waals surface area contributed by atoms with Crippen LogP contribution in [0.25, 0.3) is 0 Å². The lowest BCUT2D eigenvalue weighted by atomic mass is 10.2. The van der Waals surface area contributed by atoms with Gasteiger partial charge < -0.3 is 20.1 Å². The molecule has 27 heavy (non-hydrogen) atoms. The standard InChI is InChI=1S/C19H21ClN4O3/c1-26-16-7-6-14(20)13-15(16)22-11-8-18(25)24-19-17(5-4-10-23-19)27-12-3-2-9-21/h4-7,10,13,22H,2-3,8,11-12H2,1H3,(H,23,24,25). The number of nitrogens with zero attached hydrogens (tertiary/aromatic N) is 2. The number of anilines is 2. The minimum Gasteiger partial charge on any atom is -0.495 e. The monoisotopic (exact) mass is 388 g/mol. The van der Waals surface area contributed by atoms with E-state index < -0.39 is 0 Å². The number of hydrogen-bond acceptors (Lipinski definition) is 6. The van der Waals surface area contributed by atoms with Crippen molar-refractivity contribution < 1.29 is 14.3 Å². The highest BCUT2D eigenvalue weighted by molar-refractivity contribution is 6.30. The van der Waals surface area contributed by atoms with E-state index >= 15 is 0 Å². The first-order chi connectivity index (χ1) is 13.1. The van der Waals surface area contributed by atoms with Gasteiger partial charge in [0.15, 0.2) is 11.6 Å². The predicted octanol–water partition coefficient (Wildman–Crippen LogP) is 3.87. The van der Waals surface area contributed by atoms with E-state index in [0.717, 1.165) is 5.69 Å². The van der Waals surface area contributed by atoms with E-state index in [4.69, 9.17) is 26.3 Å². The number of carbonyl (C=O) groups is 1. The number of unbranched alkanes of at least 4 members (excludes halogenated alkanes) is 1. The molecule has 2 aromatic rings. The number of aromatic nitrogens is 1. The fourth-order valence-electron chi connectivity index (χ4n) is 2.26. The number of amides is 1. The van der Waals surface area contributed by atoms with Crippen LogP contribution >= 0.6 is 11.6 Å². The minimum absolute atomic E-state index is 0.205. The maximum absolute atomic E-state index is 12.2. The summed E-state index contributed by atoms with van der Waals surface area (Å²) in [6.45, 7) is 0.784. The van der Waals surface area contributed by atoms with E-state index in [1.54, 1.807) is 43.6 Å². The van der Waals surface area contributed by atoms with E-state index in [0.29, 0.717) is 48.3 Å². The van der Waals surface area contributed by atoms with Crippen molar-refractivity contribution in [1.29, 1.82) is 5.26 Å². The maximum Gasteiger partial charge on any atom is 0.227 e. The number of carbonyl (C=O) groups excluding carboxylic acids is 1. The van der Waals surface area contributed by atoms with Gasteiger partial charge in [0, 0.05) is 30.6 Å². The van der Waals surface area contributed by atoms with Gasteiger partial charge in [0.1, 0.15) is 5.75 Å². The quantitative estimate of drug-likeness (QED) is 0.600. The molecule has 0 aliphatic carbocycles. The van der Waals surface area contributed by atoms with Crippen LogP contribution in [-0.4, -0.2) is 31.2 Å². The van der Waals surface area contributed by atoms with Crippen LogP contribution in [0, 0.1) is 11.3 Å². The number of rotatable bonds is 10. The minimum atomic E-state index is -0.205. The highest BCUT2D eigenvalue weighted by Gasteiger charge is 2.10. The average Bonchev–Trinajstić information content (AvgIpc) is 2.66. The smallest absolute Gasteiger partial charge is 0.227 e. The van der Waals surface area contributed by atoms with E-state index in [1.807, 2.05) is 0 Å². The zero-order chi connectivity index (χ0) is 19.5. The van der Waals surface area contributed by atoms with Crippen molar-refractivity contribution in [2.24, 2.45) is 0 Å². The Hall–Kier alpha value is -2.98. The Morgan fingerprint density at radius 2 is 2.19 bits per heavy atom. The molecule has 0 radical (unpaired) electrons. The number of benzene rings is 1. The zero-order valence-electron chi connectivity index (χ0n) is 15.0. The number of halogens is 1. The van der Waals surface area contributed by atoms with Gasteiger partial charge in [-0.2, -0.15) is 5.26 Å². The molecule has 142 valence electrons. The number of hydrogen-bond donors (Lipinski definition) is 2. The van der Waals surface area contributed by atoms with Crippen LogP contribution < -0.4 is 20.1 Å². The van der Waals surface area contributed by atoms with Gasteiger partial charge in [-0.15, -0.1) is 0 Å². The molecule has 0 saturated heterocycles. The van der Waals surface area contributed by atoms with Crippen molar-refractivity contribution in [3.63, 3.8) is 0 Å². The van der Waals surface area contributed by atoms with E-state index in [-0.39, 0.29) is 12.3 Å². The molecule has 1 aromatic heterocycles. The third-order valence-corrected chi connectivity index (χ3v) is 3.78. The second-order valence-electron chi connectivity index (χ2n) is 5.53. The lowest BCUT2D eigenvalue weighted by Gasteiger charge is -2.13. The SMILES string of the molecule is COc1ccc(Cl)cc1NCCC(=O)Nc1ncccc1OCCCC#N. The molecule has 0 saturated carbocycles. The lowest BCUT2D eigenvalue weighted by molar-refractivity contribution is -0.116. The molecule has 0 fully saturated rings. The van der Waals surface area contributed by atoms with E-state index in [1.165, 1.54) is 0 Å². The normalized spacial score (nSPS) is 9.96. The van der Waals surface area contributed by atoms with Crippen LogP contribution in [0.5, 0.6) is 11.5 Å². The van der Waals surface area contributed by atoms with E-state index in [2.05, 4.69) is 21.7 Å². The Kier molecular flexibility index (Phi) is 8.20. The summed E-state index contributed by atoms with van der Waals surface area (Å²) in [5, 5.41) is 15.0. The first kappa shape index (κ1) is 20.3. The second kappa shape index (κ2) is 10.9. The third-order valence-electron chi connectivity index (χ3n) is 3.55. The molecule has 0 unspecified atom stereocenters. The van der Waals surface area contributed by atoms with Gasteiger partial charge >= 0.3 is 0 Å². The van der Waals surface area contributed by atoms with Crippen molar-refractivity contribution in [3.8, 4) is 17.6 Å². The highest BCUT2D eigenvalue weighted by atomic mass is 35.5. The molecule has 2 rings (SSSR count). The Bertz CT molecular complexity index is 808. The Morgan fingerprint density at radius 1 is 1.33 bits per heavy atom. The summed E-state index contributed by atoms with van der Waals surface area (Å²) in [5.41, 5.74) is 0.720. The summed E-state index contributed by atoms with van der Waals surface area (Å²) in [7, 11) is 1.57. The van der Waals surface area contributed by atoms with Crippen LogP contribution in [0.2, 0.25) is 5.02 Å². The summed E-state index contributed by atoms with van der Waals surface area (Å²) < 4.78 is 10.8. The molecule has 0 aliphatic rings. The summed E-state index contributed by atoms with van der Waals surface area (Å²) >= 11 is 5.99. The molecule has 1 aromatic carbocycles. The van der Waals surface area contributed by atoms with Gasteiger partial charge in [-0.1, -0.05) is 11.6 Å². The summed E-state index contributed by atoms with van der Waals surface area (Å²) in [6.07, 6.45) is 2.83. The van der Waals surface area contributed by atoms with Crippen LogP contribution in [0.1, 0.15) is 19.3 Å². The lowest BCUT2D eigenvalue weighted by Crippen LogP contribution is -2.18. The molecule has 1 amide bonds. The molecule has 0 aliphatic heterocycles. The first-order valence-electron chi connectivity index (χ1n) is 8.46. The number of methoxy groups -OCH3 is 1. The van der Waals surface area contributed by atoms with E-state index in [9.17, 15) is 4.79 Å². The second-order valence-corrected chi connectivity index (χ2v) is 5.97. The van der Waals surface area contributed by atoms with Crippen molar-refractivity contribution >= 4 is 29.0 Å². The van der Waals surface area contributed by atoms with Crippen molar-refractivity contribution in [3.05, 3.63) is 41.6 Å². The summed E-state index contributed by atoms with van der Waals surface area (Å²) in [6, 6.07) is 10.7. The average molecular weight is 389 g/mol. The fourth-order valence-corrected chi connectivity index (χ4v) is 2.43. The van der Waals surface area contributed by atoms with Gasteiger partial charge in [0.2, 0.25) is 5.91 Å². The predicted molar refractivity (Wildman–Crippen MR) is 104 cm³/mol. The Balaban J connectivity index is 1.86. The summed E-state index contributed by atoms with van der Waals surface area (Å²) in [4.78, 5) is 16.3. The van der Waals surface area contributed by atoms with Gasteiger partial charge in [0.05, 0.1) is 25.5 Å². The highest BCUT2D eigenvalue weighted by Crippen LogP contribution is 2.27. The molecule has 0 bridgehead atoms. The molecule has 2 N–H and O–H groups in total. The number of pyridine rings is 1. The van der Waals surface area contributed by atoms with Crippen LogP contribution in [0.3, 0.4) is 0 Å². The molecule has 7 nitrogen and oxygen atoms in total. The third kappa shape index (κ3) is 6.68. The molecule has 0 spiro atoms. The molecule has 1 heterocycles. The molecular weight excluding hydrogens is 368 g/mol. The van der Waals surface area contributed by atoms with Crippen molar-refractivity contribution in [1.82, 2.24) is 4.98 Å². The van der Waals surface area contributed by atoms with Gasteiger partial charge in [0.25, 0.3) is 0 Å². The first-order valence-corrected chi connectivity index (χ1v) is 8.84. The molecule has 0 atom stereocenters. The van der Waals surface area contributed by atoms with Crippen molar-refractivity contribution in [2.75, 3.05) is 30.9 Å².